The van der Waals surface area contributed by atoms with E-state index in [1.165, 1.54) is 7.11 Å². The van der Waals surface area contributed by atoms with E-state index in [-0.39, 0.29) is 17.9 Å². The summed E-state index contributed by atoms with van der Waals surface area (Å²) in [5.41, 5.74) is -0.0405. The molecule has 1 atom stereocenters. The molecule has 5 heteroatoms. The SMILES string of the molecule is COc1cc(F)c(C(C)CON)c(F)c1. The zero-order chi connectivity index (χ0) is 11.4. The average molecular weight is 217 g/mol. The summed E-state index contributed by atoms with van der Waals surface area (Å²) < 4.78 is 31.6. The van der Waals surface area contributed by atoms with Gasteiger partial charge >= 0.3 is 0 Å². The van der Waals surface area contributed by atoms with Gasteiger partial charge in [-0.15, -0.1) is 0 Å². The molecule has 15 heavy (non-hydrogen) atoms. The monoisotopic (exact) mass is 217 g/mol. The largest absolute Gasteiger partial charge is 0.497 e. The molecule has 0 amide bonds. The third-order valence-corrected chi connectivity index (χ3v) is 2.13. The van der Waals surface area contributed by atoms with Gasteiger partial charge in [-0.25, -0.2) is 14.7 Å². The van der Waals surface area contributed by atoms with Crippen molar-refractivity contribution >= 4 is 0 Å². The Morgan fingerprint density at radius 1 is 1.33 bits per heavy atom. The maximum absolute atomic E-state index is 13.5. The van der Waals surface area contributed by atoms with Gasteiger partial charge in [-0.05, 0) is 0 Å². The number of hydrogen-bond donors (Lipinski definition) is 1. The molecule has 3 nitrogen and oxygen atoms in total. The Balaban J connectivity index is 3.07. The number of rotatable bonds is 4. The molecule has 84 valence electrons. The maximum atomic E-state index is 13.5. The lowest BCUT2D eigenvalue weighted by atomic mass is 10.0. The molecule has 0 saturated heterocycles. The highest BCUT2D eigenvalue weighted by Crippen LogP contribution is 2.26. The zero-order valence-corrected chi connectivity index (χ0v) is 8.59. The number of nitrogens with two attached hydrogens (primary N) is 1. The third kappa shape index (κ3) is 2.64. The molecule has 2 N–H and O–H groups in total. The molecule has 0 aliphatic rings. The lowest BCUT2D eigenvalue weighted by Crippen LogP contribution is -2.11. The Morgan fingerprint density at radius 2 is 1.87 bits per heavy atom. The lowest BCUT2D eigenvalue weighted by molar-refractivity contribution is 0.125. The van der Waals surface area contributed by atoms with E-state index in [1.807, 2.05) is 0 Å². The summed E-state index contributed by atoms with van der Waals surface area (Å²) in [6.07, 6.45) is 0. The number of methoxy groups -OCH3 is 1. The minimum Gasteiger partial charge on any atom is -0.497 e. The van der Waals surface area contributed by atoms with Gasteiger partial charge in [0, 0.05) is 23.6 Å². The van der Waals surface area contributed by atoms with Crippen LogP contribution in [-0.2, 0) is 4.84 Å². The van der Waals surface area contributed by atoms with E-state index in [2.05, 4.69) is 4.84 Å². The first-order valence-corrected chi connectivity index (χ1v) is 4.44. The summed E-state index contributed by atoms with van der Waals surface area (Å²) >= 11 is 0. The normalized spacial score (nSPS) is 12.6. The minimum atomic E-state index is -0.656. The molecule has 0 radical (unpaired) electrons. The van der Waals surface area contributed by atoms with Crippen LogP contribution in [0.25, 0.3) is 0 Å². The van der Waals surface area contributed by atoms with Crippen LogP contribution >= 0.6 is 0 Å². The molecule has 0 spiro atoms. The van der Waals surface area contributed by atoms with Crippen LogP contribution in [0, 0.1) is 11.6 Å². The summed E-state index contributed by atoms with van der Waals surface area (Å²) in [5, 5.41) is 0. The molecule has 1 unspecified atom stereocenters. The van der Waals surface area contributed by atoms with E-state index in [4.69, 9.17) is 10.6 Å². The van der Waals surface area contributed by atoms with Gasteiger partial charge in [0.1, 0.15) is 17.4 Å². The first kappa shape index (κ1) is 11.9. The standard InChI is InChI=1S/C10H13F2NO2/c1-6(5-15-13)10-8(11)3-7(14-2)4-9(10)12/h3-4,6H,5,13H2,1-2H3. The fourth-order valence-electron chi connectivity index (χ4n) is 1.38. The van der Waals surface area contributed by atoms with Gasteiger partial charge < -0.3 is 9.57 Å². The molecule has 1 aromatic carbocycles. The van der Waals surface area contributed by atoms with Crippen molar-refractivity contribution in [3.63, 3.8) is 0 Å². The van der Waals surface area contributed by atoms with Crippen LogP contribution in [-0.4, -0.2) is 13.7 Å². The van der Waals surface area contributed by atoms with Crippen molar-refractivity contribution in [1.29, 1.82) is 0 Å². The summed E-state index contributed by atoms with van der Waals surface area (Å²) in [5.74, 6) is 3.25. The van der Waals surface area contributed by atoms with Crippen molar-refractivity contribution in [2.45, 2.75) is 12.8 Å². The van der Waals surface area contributed by atoms with Gasteiger partial charge in [0.15, 0.2) is 0 Å². The Kier molecular flexibility index (Phi) is 3.99. The van der Waals surface area contributed by atoms with Crippen LogP contribution in [0.5, 0.6) is 5.75 Å². The summed E-state index contributed by atoms with van der Waals surface area (Å²) in [6, 6.07) is 2.26. The molecule has 1 aromatic rings. The highest BCUT2D eigenvalue weighted by atomic mass is 19.1. The molecule has 0 saturated carbocycles. The lowest BCUT2D eigenvalue weighted by Gasteiger charge is -2.13. The molecule has 1 rings (SSSR count). The van der Waals surface area contributed by atoms with Crippen LogP contribution in [0.4, 0.5) is 8.78 Å². The van der Waals surface area contributed by atoms with E-state index in [9.17, 15) is 8.78 Å². The van der Waals surface area contributed by atoms with Crippen molar-refractivity contribution < 1.29 is 18.4 Å². The van der Waals surface area contributed by atoms with E-state index in [0.717, 1.165) is 12.1 Å². The number of halogens is 2. The van der Waals surface area contributed by atoms with Crippen LogP contribution in [0.1, 0.15) is 18.4 Å². The second-order valence-corrected chi connectivity index (χ2v) is 3.24. The zero-order valence-electron chi connectivity index (χ0n) is 8.59. The predicted molar refractivity (Wildman–Crippen MR) is 51.5 cm³/mol. The van der Waals surface area contributed by atoms with Gasteiger partial charge in [0.2, 0.25) is 0 Å². The molecule has 0 aliphatic carbocycles. The second kappa shape index (κ2) is 5.04. The molecular formula is C10H13F2NO2. The average Bonchev–Trinajstić information content (AvgIpc) is 2.16. The highest BCUT2D eigenvalue weighted by Gasteiger charge is 2.17. The first-order valence-electron chi connectivity index (χ1n) is 4.44. The maximum Gasteiger partial charge on any atom is 0.133 e. The summed E-state index contributed by atoms with van der Waals surface area (Å²) in [4.78, 5) is 4.36. The van der Waals surface area contributed by atoms with Crippen molar-refractivity contribution in [3.8, 4) is 5.75 Å². The van der Waals surface area contributed by atoms with Crippen LogP contribution in [0.3, 0.4) is 0 Å². The van der Waals surface area contributed by atoms with E-state index < -0.39 is 17.6 Å². The summed E-state index contributed by atoms with van der Waals surface area (Å²) in [7, 11) is 1.35. The van der Waals surface area contributed by atoms with Gasteiger partial charge in [0.25, 0.3) is 0 Å². The summed E-state index contributed by atoms with van der Waals surface area (Å²) in [6.45, 7) is 1.68. The topological polar surface area (TPSA) is 44.5 Å². The minimum absolute atomic E-state index is 0.0405. The molecule has 0 heterocycles. The Labute approximate surface area is 86.7 Å². The fourth-order valence-corrected chi connectivity index (χ4v) is 1.38. The quantitative estimate of drug-likeness (QED) is 0.784. The number of hydrogen-bond acceptors (Lipinski definition) is 3. The molecule has 0 aromatic heterocycles. The van der Waals surface area contributed by atoms with E-state index in [0.29, 0.717) is 0 Å². The van der Waals surface area contributed by atoms with Crippen molar-refractivity contribution in [2.75, 3.05) is 13.7 Å². The molecule has 0 aliphatic heterocycles. The van der Waals surface area contributed by atoms with Crippen LogP contribution < -0.4 is 10.6 Å². The molecular weight excluding hydrogens is 204 g/mol. The van der Waals surface area contributed by atoms with Gasteiger partial charge in [-0.2, -0.15) is 0 Å². The van der Waals surface area contributed by atoms with E-state index >= 15 is 0 Å². The van der Waals surface area contributed by atoms with E-state index in [1.54, 1.807) is 6.92 Å². The van der Waals surface area contributed by atoms with Crippen molar-refractivity contribution in [3.05, 3.63) is 29.3 Å². The fraction of sp³-hybridized carbons (Fsp3) is 0.400. The predicted octanol–water partition coefficient (Wildman–Crippen LogP) is 1.97. The van der Waals surface area contributed by atoms with Crippen LogP contribution in [0.15, 0.2) is 12.1 Å². The third-order valence-electron chi connectivity index (χ3n) is 2.13. The Hall–Kier alpha value is -1.20. The Bertz CT molecular complexity index is 321. The number of benzene rings is 1. The molecule has 0 bridgehead atoms. The first-order chi connectivity index (χ1) is 7.10. The van der Waals surface area contributed by atoms with Gasteiger partial charge in [0.05, 0.1) is 13.7 Å². The van der Waals surface area contributed by atoms with Crippen LogP contribution in [0.2, 0.25) is 0 Å². The molecule has 0 fully saturated rings. The van der Waals surface area contributed by atoms with Gasteiger partial charge in [-0.3, -0.25) is 0 Å². The Morgan fingerprint density at radius 3 is 2.27 bits per heavy atom. The highest BCUT2D eigenvalue weighted by molar-refractivity contribution is 5.32. The number of ether oxygens (including phenoxy) is 1. The van der Waals surface area contributed by atoms with Gasteiger partial charge in [-0.1, -0.05) is 6.92 Å². The smallest absolute Gasteiger partial charge is 0.133 e. The van der Waals surface area contributed by atoms with Crippen molar-refractivity contribution in [2.24, 2.45) is 5.90 Å². The second-order valence-electron chi connectivity index (χ2n) is 3.24. The van der Waals surface area contributed by atoms with Crippen molar-refractivity contribution in [1.82, 2.24) is 0 Å².